The average Bonchev–Trinajstić information content (AvgIpc) is 2.02. The fraction of sp³-hybridized carbons (Fsp3) is 0.429. The highest BCUT2D eigenvalue weighted by atomic mass is 16.5. The van der Waals surface area contributed by atoms with Crippen LogP contribution in [0.2, 0.25) is 0 Å². The summed E-state index contributed by atoms with van der Waals surface area (Å²) in [5.74, 6) is -1.09. The lowest BCUT2D eigenvalue weighted by Gasteiger charge is -2.00. The molecule has 0 amide bonds. The molecule has 0 aromatic carbocycles. The van der Waals surface area contributed by atoms with Gasteiger partial charge in [0, 0.05) is 5.57 Å². The molecule has 0 heterocycles. The van der Waals surface area contributed by atoms with Crippen LogP contribution in [0.1, 0.15) is 6.42 Å². The lowest BCUT2D eigenvalue weighted by molar-refractivity contribution is -0.143. The first-order valence-corrected chi connectivity index (χ1v) is 2.94. The topological polar surface area (TPSA) is 84.1 Å². The van der Waals surface area contributed by atoms with E-state index in [1.807, 2.05) is 0 Å². The number of carbonyl (C=O) groups excluding carboxylic acids is 2. The van der Waals surface area contributed by atoms with Gasteiger partial charge < -0.3 is 14.9 Å². The molecule has 0 atom stereocenters. The van der Waals surface area contributed by atoms with Crippen molar-refractivity contribution in [3.05, 3.63) is 12.2 Å². The van der Waals surface area contributed by atoms with Crippen molar-refractivity contribution < 1.29 is 24.5 Å². The van der Waals surface area contributed by atoms with Crippen LogP contribution in [0.15, 0.2) is 12.2 Å². The second-order valence-electron chi connectivity index (χ2n) is 1.85. The van der Waals surface area contributed by atoms with Gasteiger partial charge in [-0.3, -0.25) is 4.79 Å². The highest BCUT2D eigenvalue weighted by molar-refractivity contribution is 5.93. The Labute approximate surface area is 70.3 Å². The van der Waals surface area contributed by atoms with Gasteiger partial charge in [-0.1, -0.05) is 6.58 Å². The molecule has 0 aliphatic rings. The van der Waals surface area contributed by atoms with Crippen molar-refractivity contribution in [3.63, 3.8) is 0 Å². The molecule has 0 spiro atoms. The summed E-state index contributed by atoms with van der Waals surface area (Å²) in [6.45, 7) is 3.34. The smallest absolute Gasteiger partial charge is 0.333 e. The average molecular weight is 176 g/mol. The fourth-order valence-electron chi connectivity index (χ4n) is 0.463. The molecule has 5 heteroatoms. The van der Waals surface area contributed by atoms with Crippen LogP contribution in [0.5, 0.6) is 0 Å². The molecule has 0 bridgehead atoms. The summed E-state index contributed by atoms with van der Waals surface area (Å²) in [5.41, 5.74) is 0.0966. The summed E-state index contributed by atoms with van der Waals surface area (Å²) in [4.78, 5) is 21.2. The SMILES string of the molecule is C=C(CC(=O)OC)C(=O)OC.O. The molecule has 0 aromatic heterocycles. The summed E-state index contributed by atoms with van der Waals surface area (Å²) >= 11 is 0. The number of methoxy groups -OCH3 is 2. The van der Waals surface area contributed by atoms with Gasteiger partial charge in [-0.05, 0) is 0 Å². The summed E-state index contributed by atoms with van der Waals surface area (Å²) < 4.78 is 8.62. The molecule has 0 aromatic rings. The Hall–Kier alpha value is -1.36. The van der Waals surface area contributed by atoms with Crippen molar-refractivity contribution in [1.29, 1.82) is 0 Å². The van der Waals surface area contributed by atoms with Crippen LogP contribution in [-0.4, -0.2) is 31.6 Å². The summed E-state index contributed by atoms with van der Waals surface area (Å²) in [5, 5.41) is 0. The van der Waals surface area contributed by atoms with Gasteiger partial charge in [-0.2, -0.15) is 0 Å². The van der Waals surface area contributed by atoms with Crippen LogP contribution in [0.3, 0.4) is 0 Å². The molecule has 0 rings (SSSR count). The third-order valence-electron chi connectivity index (χ3n) is 1.06. The molecular weight excluding hydrogens is 164 g/mol. The number of rotatable bonds is 3. The maximum absolute atomic E-state index is 10.6. The normalized spacial score (nSPS) is 7.83. The predicted molar refractivity (Wildman–Crippen MR) is 41.4 cm³/mol. The Balaban J connectivity index is 0. The van der Waals surface area contributed by atoms with Crippen LogP contribution in [0.25, 0.3) is 0 Å². The number of carbonyl (C=O) groups is 2. The third-order valence-corrected chi connectivity index (χ3v) is 1.06. The number of ether oxygens (including phenoxy) is 2. The van der Waals surface area contributed by atoms with E-state index in [0.717, 1.165) is 0 Å². The van der Waals surface area contributed by atoms with E-state index in [2.05, 4.69) is 16.1 Å². The third kappa shape index (κ3) is 4.45. The summed E-state index contributed by atoms with van der Waals surface area (Å²) in [6.07, 6.45) is -0.122. The quantitative estimate of drug-likeness (QED) is 0.426. The van der Waals surface area contributed by atoms with Crippen molar-refractivity contribution >= 4 is 11.9 Å². The summed E-state index contributed by atoms with van der Waals surface area (Å²) in [6, 6.07) is 0. The Morgan fingerprint density at radius 3 is 2.08 bits per heavy atom. The van der Waals surface area contributed by atoms with Gasteiger partial charge in [-0.25, -0.2) is 4.79 Å². The van der Waals surface area contributed by atoms with Gasteiger partial charge in [-0.15, -0.1) is 0 Å². The molecule has 12 heavy (non-hydrogen) atoms. The fourth-order valence-corrected chi connectivity index (χ4v) is 0.463. The van der Waals surface area contributed by atoms with E-state index >= 15 is 0 Å². The van der Waals surface area contributed by atoms with Gasteiger partial charge in [0.15, 0.2) is 0 Å². The lowest BCUT2D eigenvalue weighted by Crippen LogP contribution is -2.09. The highest BCUT2D eigenvalue weighted by Gasteiger charge is 2.11. The van der Waals surface area contributed by atoms with E-state index in [4.69, 9.17) is 0 Å². The van der Waals surface area contributed by atoms with E-state index in [0.29, 0.717) is 0 Å². The molecule has 0 saturated heterocycles. The van der Waals surface area contributed by atoms with Crippen molar-refractivity contribution in [2.24, 2.45) is 0 Å². The molecule has 5 nitrogen and oxygen atoms in total. The zero-order valence-corrected chi connectivity index (χ0v) is 7.05. The van der Waals surface area contributed by atoms with Crippen molar-refractivity contribution in [2.75, 3.05) is 14.2 Å². The Morgan fingerprint density at radius 1 is 1.25 bits per heavy atom. The second-order valence-corrected chi connectivity index (χ2v) is 1.85. The number of hydrogen-bond acceptors (Lipinski definition) is 4. The molecule has 70 valence electrons. The molecular formula is C7H12O5. The Morgan fingerprint density at radius 2 is 1.75 bits per heavy atom. The molecule has 0 aliphatic heterocycles. The van der Waals surface area contributed by atoms with Crippen LogP contribution in [0.4, 0.5) is 0 Å². The van der Waals surface area contributed by atoms with Crippen LogP contribution in [-0.2, 0) is 19.1 Å². The van der Waals surface area contributed by atoms with E-state index in [1.54, 1.807) is 0 Å². The molecule has 0 unspecified atom stereocenters. The first kappa shape index (κ1) is 13.2. The zero-order valence-electron chi connectivity index (χ0n) is 7.05. The zero-order chi connectivity index (χ0) is 8.85. The van der Waals surface area contributed by atoms with Crippen molar-refractivity contribution in [1.82, 2.24) is 0 Å². The number of hydrogen-bond donors (Lipinski definition) is 0. The first-order valence-electron chi connectivity index (χ1n) is 2.94. The van der Waals surface area contributed by atoms with E-state index in [1.165, 1.54) is 14.2 Å². The van der Waals surface area contributed by atoms with E-state index in [-0.39, 0.29) is 17.5 Å². The van der Waals surface area contributed by atoms with Gasteiger partial charge in [0.2, 0.25) is 0 Å². The monoisotopic (exact) mass is 176 g/mol. The second kappa shape index (κ2) is 6.36. The van der Waals surface area contributed by atoms with E-state index < -0.39 is 11.9 Å². The number of esters is 2. The Bertz CT molecular complexity index is 184. The minimum Gasteiger partial charge on any atom is -0.469 e. The van der Waals surface area contributed by atoms with Crippen LogP contribution < -0.4 is 0 Å². The van der Waals surface area contributed by atoms with Gasteiger partial charge in [0.1, 0.15) is 0 Å². The predicted octanol–water partition coefficient (Wildman–Crippen LogP) is -0.546. The molecule has 0 aliphatic carbocycles. The molecule has 0 fully saturated rings. The van der Waals surface area contributed by atoms with Gasteiger partial charge in [0.05, 0.1) is 20.6 Å². The summed E-state index contributed by atoms with van der Waals surface area (Å²) in [7, 11) is 2.47. The van der Waals surface area contributed by atoms with Crippen molar-refractivity contribution in [2.45, 2.75) is 6.42 Å². The first-order chi connectivity index (χ1) is 5.11. The highest BCUT2D eigenvalue weighted by Crippen LogP contribution is 2.00. The minimum atomic E-state index is -0.588. The molecule has 0 radical (unpaired) electrons. The van der Waals surface area contributed by atoms with E-state index in [9.17, 15) is 9.59 Å². The standard InChI is InChI=1S/C7H10O4.H2O/c1-5(7(9)11-3)4-6(8)10-2;/h1,4H2,2-3H3;1H2. The van der Waals surface area contributed by atoms with Crippen molar-refractivity contribution in [3.8, 4) is 0 Å². The maximum atomic E-state index is 10.6. The van der Waals surface area contributed by atoms with Crippen LogP contribution in [0, 0.1) is 0 Å². The molecule has 0 saturated carbocycles. The lowest BCUT2D eigenvalue weighted by atomic mass is 10.2. The molecule has 2 N–H and O–H groups in total. The van der Waals surface area contributed by atoms with Gasteiger partial charge in [0.25, 0.3) is 0 Å². The van der Waals surface area contributed by atoms with Gasteiger partial charge >= 0.3 is 11.9 Å². The minimum absolute atomic E-state index is 0. The maximum Gasteiger partial charge on any atom is 0.333 e. The Kier molecular flexibility index (Phi) is 7.02. The van der Waals surface area contributed by atoms with Crippen LogP contribution >= 0.6 is 0 Å². The largest absolute Gasteiger partial charge is 0.469 e.